The molecule has 2 bridgehead atoms. The average molecular weight is 818 g/mol. The maximum Gasteiger partial charge on any atom is 0.322 e. The van der Waals surface area contributed by atoms with Crippen LogP contribution < -0.4 is 30.9 Å². The van der Waals surface area contributed by atoms with Crippen molar-refractivity contribution in [1.29, 1.82) is 0 Å². The predicted molar refractivity (Wildman–Crippen MR) is 221 cm³/mol. The van der Waals surface area contributed by atoms with E-state index in [1.165, 1.54) is 23.5 Å². The Hall–Kier alpha value is -7.00. The molecule has 4 aromatic carbocycles. The molecule has 5 aromatic rings. The van der Waals surface area contributed by atoms with Crippen LogP contribution in [-0.4, -0.2) is 83.5 Å². The van der Waals surface area contributed by atoms with Crippen LogP contribution in [0.25, 0.3) is 11.1 Å². The lowest BCUT2D eigenvalue weighted by molar-refractivity contribution is -0.138. The van der Waals surface area contributed by atoms with E-state index in [0.717, 1.165) is 20.9 Å². The SMILES string of the molecule is Cc1ccc(O)cc1N1C(=O)CNC(=O)[C@@H](Cc2ccc(-c3ccccc3)cc2)NC(=O)[C@H](Cc2cccs2)NC(=O)COc2ccc(cc2)C[C@H]1C(=O)NCC(=O)O. The van der Waals surface area contributed by atoms with Crippen molar-refractivity contribution in [2.24, 2.45) is 0 Å². The number of nitrogens with one attached hydrogen (secondary N) is 4. The fraction of sp³-hybridized carbons (Fsp3) is 0.227. The van der Waals surface area contributed by atoms with Gasteiger partial charge in [-0.1, -0.05) is 78.9 Å². The van der Waals surface area contributed by atoms with Gasteiger partial charge in [0.25, 0.3) is 5.91 Å². The Morgan fingerprint density at radius 2 is 1.54 bits per heavy atom. The number of hydrogen-bond acceptors (Lipinski definition) is 9. The van der Waals surface area contributed by atoms with E-state index >= 15 is 0 Å². The van der Waals surface area contributed by atoms with Crippen molar-refractivity contribution in [3.63, 3.8) is 0 Å². The quantitative estimate of drug-likeness (QED) is 0.120. The third-order valence-electron chi connectivity index (χ3n) is 9.66. The highest BCUT2D eigenvalue weighted by molar-refractivity contribution is 7.09. The molecule has 14 nitrogen and oxygen atoms in total. The zero-order valence-electron chi connectivity index (χ0n) is 32.1. The molecule has 15 heteroatoms. The molecule has 3 heterocycles. The standard InChI is InChI=1S/C44H43N5O9S/c1-27-9-16-32(50)22-37(27)49-38(44(57)46-25-41(53)54)21-29-12-17-33(18-13-29)58-26-39(51)47-36(23-34-8-5-19-59-34)43(56)48-35(42(55)45-24-40(49)52)20-28-10-14-31(15-11-28)30-6-3-2-4-7-30/h2-19,22,35-36,38,50H,20-21,23-26H2,1H3,(H,45,55)(H,46,57)(H,47,51)(H,48,56)(H,53,54)/t35-,36+,38+/m1/s1. The number of carboxylic acid groups (broad SMARTS) is 1. The molecule has 0 saturated heterocycles. The van der Waals surface area contributed by atoms with Gasteiger partial charge in [-0.2, -0.15) is 0 Å². The van der Waals surface area contributed by atoms with Crippen molar-refractivity contribution in [3.05, 3.63) is 136 Å². The summed E-state index contributed by atoms with van der Waals surface area (Å²) < 4.78 is 5.75. The summed E-state index contributed by atoms with van der Waals surface area (Å²) >= 11 is 1.40. The zero-order valence-corrected chi connectivity index (χ0v) is 32.9. The summed E-state index contributed by atoms with van der Waals surface area (Å²) in [5.41, 5.74) is 3.81. The molecule has 0 saturated carbocycles. The number of hydrogen-bond donors (Lipinski definition) is 6. The van der Waals surface area contributed by atoms with Gasteiger partial charge in [0.2, 0.25) is 23.6 Å². The number of benzene rings is 4. The Bertz CT molecular complexity index is 2280. The Morgan fingerprint density at radius 1 is 0.831 bits per heavy atom. The van der Waals surface area contributed by atoms with Gasteiger partial charge in [0.05, 0.1) is 12.2 Å². The number of aromatic hydroxyl groups is 1. The van der Waals surface area contributed by atoms with Crippen molar-refractivity contribution in [2.75, 3.05) is 24.6 Å². The lowest BCUT2D eigenvalue weighted by Crippen LogP contribution is -2.57. The molecule has 0 unspecified atom stereocenters. The van der Waals surface area contributed by atoms with Crippen molar-refractivity contribution >= 4 is 52.5 Å². The third kappa shape index (κ3) is 11.3. The molecule has 304 valence electrons. The summed E-state index contributed by atoms with van der Waals surface area (Å²) in [6.07, 6.45) is 0.0162. The van der Waals surface area contributed by atoms with Gasteiger partial charge in [0.1, 0.15) is 36.2 Å². The van der Waals surface area contributed by atoms with Crippen LogP contribution in [0.2, 0.25) is 0 Å². The molecular weight excluding hydrogens is 775 g/mol. The van der Waals surface area contributed by atoms with Gasteiger partial charge in [-0.15, -0.1) is 11.3 Å². The fourth-order valence-corrected chi connectivity index (χ4v) is 7.39. The van der Waals surface area contributed by atoms with E-state index in [1.807, 2.05) is 72.1 Å². The number of aliphatic carboxylic acids is 1. The maximum absolute atomic E-state index is 14.4. The highest BCUT2D eigenvalue weighted by Crippen LogP contribution is 2.29. The number of nitrogens with zero attached hydrogens (tertiary/aromatic N) is 1. The van der Waals surface area contributed by atoms with Gasteiger partial charge >= 0.3 is 5.97 Å². The molecule has 0 radical (unpaired) electrons. The van der Waals surface area contributed by atoms with E-state index in [0.29, 0.717) is 22.4 Å². The normalized spacial score (nSPS) is 18.0. The number of carbonyl (C=O) groups excluding carboxylic acids is 5. The number of thiophene rings is 1. The van der Waals surface area contributed by atoms with E-state index in [2.05, 4.69) is 21.3 Å². The molecule has 5 amide bonds. The van der Waals surface area contributed by atoms with Crippen LogP contribution in [0.5, 0.6) is 11.5 Å². The van der Waals surface area contributed by atoms with Gasteiger partial charge in [-0.05, 0) is 64.4 Å². The molecule has 3 atom stereocenters. The van der Waals surface area contributed by atoms with E-state index in [1.54, 1.807) is 37.3 Å². The molecular formula is C44H43N5O9S. The van der Waals surface area contributed by atoms with Crippen LogP contribution in [0, 0.1) is 6.92 Å². The van der Waals surface area contributed by atoms with Gasteiger partial charge in [-0.3, -0.25) is 33.7 Å². The minimum Gasteiger partial charge on any atom is -0.508 e. The molecule has 59 heavy (non-hydrogen) atoms. The van der Waals surface area contributed by atoms with Crippen LogP contribution >= 0.6 is 11.3 Å². The Balaban J connectivity index is 1.37. The number of aryl methyl sites for hydroxylation is 1. The smallest absolute Gasteiger partial charge is 0.322 e. The van der Waals surface area contributed by atoms with Gasteiger partial charge < -0.3 is 36.2 Å². The summed E-state index contributed by atoms with van der Waals surface area (Å²) in [7, 11) is 0. The van der Waals surface area contributed by atoms with E-state index in [4.69, 9.17) is 4.74 Å². The third-order valence-corrected chi connectivity index (χ3v) is 10.6. The van der Waals surface area contributed by atoms with E-state index < -0.39 is 73.3 Å². The molecule has 0 fully saturated rings. The monoisotopic (exact) mass is 817 g/mol. The zero-order chi connectivity index (χ0) is 41.9. The molecule has 0 spiro atoms. The second kappa shape index (κ2) is 19.4. The lowest BCUT2D eigenvalue weighted by atomic mass is 9.99. The summed E-state index contributed by atoms with van der Waals surface area (Å²) in [6.45, 7) is -0.157. The first-order valence-electron chi connectivity index (χ1n) is 18.8. The summed E-state index contributed by atoms with van der Waals surface area (Å²) in [6, 6.07) is 27.8. The summed E-state index contributed by atoms with van der Waals surface area (Å²) in [4.78, 5) is 83.2. The number of anilines is 1. The number of amides is 5. The van der Waals surface area contributed by atoms with Crippen LogP contribution in [0.3, 0.4) is 0 Å². The number of phenolic OH excluding ortho intramolecular Hbond substituents is 1. The summed E-state index contributed by atoms with van der Waals surface area (Å²) in [5.74, 6) is -4.73. The molecule has 2 aliphatic heterocycles. The second-order valence-corrected chi connectivity index (χ2v) is 15.0. The minimum atomic E-state index is -1.37. The van der Waals surface area contributed by atoms with Crippen LogP contribution in [0.4, 0.5) is 5.69 Å². The van der Waals surface area contributed by atoms with Crippen molar-refractivity contribution < 1.29 is 43.7 Å². The number of carbonyl (C=O) groups is 6. The first kappa shape index (κ1) is 41.6. The largest absolute Gasteiger partial charge is 0.508 e. The Morgan fingerprint density at radius 3 is 2.24 bits per heavy atom. The highest BCUT2D eigenvalue weighted by atomic mass is 32.1. The van der Waals surface area contributed by atoms with Crippen LogP contribution in [0.1, 0.15) is 21.6 Å². The first-order chi connectivity index (χ1) is 28.4. The molecule has 6 N–H and O–H groups in total. The highest BCUT2D eigenvalue weighted by Gasteiger charge is 2.34. The minimum absolute atomic E-state index is 0.00713. The molecule has 7 rings (SSSR count). The topological polar surface area (TPSA) is 203 Å². The lowest BCUT2D eigenvalue weighted by Gasteiger charge is -2.32. The first-order valence-corrected chi connectivity index (χ1v) is 19.7. The summed E-state index contributed by atoms with van der Waals surface area (Å²) in [5, 5.41) is 32.3. The van der Waals surface area contributed by atoms with E-state index in [-0.39, 0.29) is 30.7 Å². The number of ether oxygens (including phenoxy) is 1. The average Bonchev–Trinajstić information content (AvgIpc) is 3.75. The van der Waals surface area contributed by atoms with Gasteiger partial charge in [0, 0.05) is 30.2 Å². The Kier molecular flexibility index (Phi) is 13.7. The number of fused-ring (bicyclic) bond motifs is 16. The van der Waals surface area contributed by atoms with Gasteiger partial charge in [0.15, 0.2) is 6.61 Å². The number of phenols is 1. The van der Waals surface area contributed by atoms with Gasteiger partial charge in [-0.25, -0.2) is 0 Å². The molecule has 2 aliphatic rings. The van der Waals surface area contributed by atoms with Crippen molar-refractivity contribution in [1.82, 2.24) is 21.3 Å². The number of carboxylic acids is 1. The number of rotatable bonds is 9. The maximum atomic E-state index is 14.4. The fourth-order valence-electron chi connectivity index (χ4n) is 6.64. The predicted octanol–water partition coefficient (Wildman–Crippen LogP) is 3.54. The van der Waals surface area contributed by atoms with Crippen molar-refractivity contribution in [3.8, 4) is 22.6 Å². The van der Waals surface area contributed by atoms with Crippen molar-refractivity contribution in [2.45, 2.75) is 44.3 Å². The molecule has 0 aliphatic carbocycles. The Labute approximate surface area is 344 Å². The second-order valence-electron chi connectivity index (χ2n) is 13.9. The van der Waals surface area contributed by atoms with Crippen LogP contribution in [-0.2, 0) is 48.0 Å². The van der Waals surface area contributed by atoms with Crippen LogP contribution in [0.15, 0.2) is 115 Å². The molecule has 1 aromatic heterocycles. The van der Waals surface area contributed by atoms with E-state index in [9.17, 15) is 39.0 Å².